The highest BCUT2D eigenvalue weighted by Crippen LogP contribution is 2.25. The molecule has 1 aromatic heterocycles. The summed E-state index contributed by atoms with van der Waals surface area (Å²) in [6.07, 6.45) is 0. The largest absolute Gasteiger partial charge is 0.497 e. The maximum absolute atomic E-state index is 13.0. The van der Waals surface area contributed by atoms with Crippen molar-refractivity contribution in [1.82, 2.24) is 5.32 Å². The molecule has 6 heteroatoms. The van der Waals surface area contributed by atoms with Crippen LogP contribution >= 0.6 is 0 Å². The quantitative estimate of drug-likeness (QED) is 0.725. The molecule has 0 aliphatic rings. The number of hydrogen-bond donors (Lipinski definition) is 1. The molecule has 0 saturated carbocycles. The van der Waals surface area contributed by atoms with Gasteiger partial charge >= 0.3 is 0 Å². The van der Waals surface area contributed by atoms with Crippen LogP contribution in [0.4, 0.5) is 4.39 Å². The third kappa shape index (κ3) is 3.85. The lowest BCUT2D eigenvalue weighted by atomic mass is 10.1. The SMILES string of the molecule is COc1ccc(OC)c(C(=O)NCc2ccc(-c3ccc(F)cc3)o2)c1. The molecule has 1 amide bonds. The van der Waals surface area contributed by atoms with Crippen LogP contribution in [0.15, 0.2) is 59.0 Å². The van der Waals surface area contributed by atoms with Crippen LogP contribution in [-0.2, 0) is 6.54 Å². The van der Waals surface area contributed by atoms with E-state index in [-0.39, 0.29) is 18.3 Å². The zero-order valence-electron chi connectivity index (χ0n) is 14.4. The van der Waals surface area contributed by atoms with Gasteiger partial charge in [0.15, 0.2) is 0 Å². The van der Waals surface area contributed by atoms with Crippen LogP contribution in [0.2, 0.25) is 0 Å². The first-order chi connectivity index (χ1) is 12.6. The Labute approximate surface area is 150 Å². The maximum atomic E-state index is 13.0. The summed E-state index contributed by atoms with van der Waals surface area (Å²) >= 11 is 0. The molecule has 26 heavy (non-hydrogen) atoms. The molecule has 0 aliphatic carbocycles. The average molecular weight is 355 g/mol. The highest BCUT2D eigenvalue weighted by molar-refractivity contribution is 5.97. The fourth-order valence-electron chi connectivity index (χ4n) is 2.50. The number of carbonyl (C=O) groups is 1. The number of amides is 1. The molecule has 0 bridgehead atoms. The molecule has 134 valence electrons. The van der Waals surface area contributed by atoms with Gasteiger partial charge < -0.3 is 19.2 Å². The van der Waals surface area contributed by atoms with E-state index in [1.165, 1.54) is 26.4 Å². The third-order valence-corrected chi connectivity index (χ3v) is 3.86. The lowest BCUT2D eigenvalue weighted by Crippen LogP contribution is -2.23. The first kappa shape index (κ1) is 17.5. The molecule has 0 aliphatic heterocycles. The van der Waals surface area contributed by atoms with E-state index in [2.05, 4.69) is 5.32 Å². The molecule has 1 heterocycles. The molecule has 0 unspecified atom stereocenters. The Balaban J connectivity index is 1.70. The Morgan fingerprint density at radius 2 is 1.81 bits per heavy atom. The maximum Gasteiger partial charge on any atom is 0.255 e. The van der Waals surface area contributed by atoms with Crippen LogP contribution in [0.3, 0.4) is 0 Å². The zero-order valence-corrected chi connectivity index (χ0v) is 14.4. The number of rotatable bonds is 6. The molecule has 0 fully saturated rings. The summed E-state index contributed by atoms with van der Waals surface area (Å²) in [5.74, 6) is 1.59. The van der Waals surface area contributed by atoms with Gasteiger partial charge in [-0.25, -0.2) is 4.39 Å². The van der Waals surface area contributed by atoms with Gasteiger partial charge in [-0.05, 0) is 54.6 Å². The van der Waals surface area contributed by atoms with Crippen molar-refractivity contribution in [3.05, 3.63) is 71.7 Å². The normalized spacial score (nSPS) is 10.4. The van der Waals surface area contributed by atoms with Crippen LogP contribution < -0.4 is 14.8 Å². The molecule has 0 spiro atoms. The van der Waals surface area contributed by atoms with Gasteiger partial charge in [0.1, 0.15) is 28.8 Å². The summed E-state index contributed by atoms with van der Waals surface area (Å²) in [5.41, 5.74) is 1.13. The molecule has 3 rings (SSSR count). The Morgan fingerprint density at radius 3 is 2.50 bits per heavy atom. The smallest absolute Gasteiger partial charge is 0.255 e. The molecule has 0 atom stereocenters. The van der Waals surface area contributed by atoms with Crippen LogP contribution in [0.1, 0.15) is 16.1 Å². The second kappa shape index (κ2) is 7.74. The van der Waals surface area contributed by atoms with E-state index in [0.29, 0.717) is 28.6 Å². The standard InChI is InChI=1S/C20H18FNO4/c1-24-15-7-10-19(25-2)17(11-15)20(23)22-12-16-8-9-18(26-16)13-3-5-14(21)6-4-13/h3-11H,12H2,1-2H3,(H,22,23). The summed E-state index contributed by atoms with van der Waals surface area (Å²) in [6.45, 7) is 0.209. The van der Waals surface area contributed by atoms with Crippen LogP contribution in [0.25, 0.3) is 11.3 Å². The number of nitrogens with one attached hydrogen (secondary N) is 1. The first-order valence-electron chi connectivity index (χ1n) is 7.95. The lowest BCUT2D eigenvalue weighted by molar-refractivity contribution is 0.0944. The highest BCUT2D eigenvalue weighted by Gasteiger charge is 2.14. The van der Waals surface area contributed by atoms with Crippen LogP contribution in [-0.4, -0.2) is 20.1 Å². The Kier molecular flexibility index (Phi) is 5.22. The van der Waals surface area contributed by atoms with Crippen molar-refractivity contribution in [1.29, 1.82) is 0 Å². The summed E-state index contributed by atoms with van der Waals surface area (Å²) in [7, 11) is 3.03. The number of carbonyl (C=O) groups excluding carboxylic acids is 1. The van der Waals surface area contributed by atoms with E-state index in [1.54, 1.807) is 42.5 Å². The summed E-state index contributed by atoms with van der Waals surface area (Å²) < 4.78 is 29.1. The average Bonchev–Trinajstić information content (AvgIpc) is 3.15. The van der Waals surface area contributed by atoms with E-state index in [1.807, 2.05) is 0 Å². The molecule has 3 aromatic rings. The fourth-order valence-corrected chi connectivity index (χ4v) is 2.50. The lowest BCUT2D eigenvalue weighted by Gasteiger charge is -2.10. The van der Waals surface area contributed by atoms with E-state index in [4.69, 9.17) is 13.9 Å². The predicted molar refractivity (Wildman–Crippen MR) is 94.8 cm³/mol. The monoisotopic (exact) mass is 355 g/mol. The van der Waals surface area contributed by atoms with Gasteiger partial charge in [0.05, 0.1) is 26.3 Å². The minimum atomic E-state index is -0.306. The summed E-state index contributed by atoms with van der Waals surface area (Å²) in [6, 6.07) is 14.6. The fraction of sp³-hybridized carbons (Fsp3) is 0.150. The summed E-state index contributed by atoms with van der Waals surface area (Å²) in [5, 5.41) is 2.79. The second-order valence-corrected chi connectivity index (χ2v) is 5.52. The molecule has 0 saturated heterocycles. The van der Waals surface area contributed by atoms with Crippen molar-refractivity contribution >= 4 is 5.91 Å². The van der Waals surface area contributed by atoms with Gasteiger partial charge in [0.25, 0.3) is 5.91 Å². The zero-order chi connectivity index (χ0) is 18.5. The minimum Gasteiger partial charge on any atom is -0.497 e. The molecular formula is C20H18FNO4. The van der Waals surface area contributed by atoms with Crippen molar-refractivity contribution in [2.24, 2.45) is 0 Å². The van der Waals surface area contributed by atoms with Crippen molar-refractivity contribution in [3.8, 4) is 22.8 Å². The van der Waals surface area contributed by atoms with Gasteiger partial charge in [0, 0.05) is 5.56 Å². The minimum absolute atomic E-state index is 0.209. The highest BCUT2D eigenvalue weighted by atomic mass is 19.1. The molecule has 0 radical (unpaired) electrons. The van der Waals surface area contributed by atoms with Gasteiger partial charge in [-0.3, -0.25) is 4.79 Å². The van der Waals surface area contributed by atoms with Crippen LogP contribution in [0.5, 0.6) is 11.5 Å². The van der Waals surface area contributed by atoms with Crippen molar-refractivity contribution in [3.63, 3.8) is 0 Å². The number of ether oxygens (including phenoxy) is 2. The third-order valence-electron chi connectivity index (χ3n) is 3.86. The predicted octanol–water partition coefficient (Wildman–Crippen LogP) is 4.03. The summed E-state index contributed by atoms with van der Waals surface area (Å²) in [4.78, 5) is 12.5. The molecule has 5 nitrogen and oxygen atoms in total. The van der Waals surface area contributed by atoms with Crippen molar-refractivity contribution in [2.45, 2.75) is 6.54 Å². The van der Waals surface area contributed by atoms with E-state index in [0.717, 1.165) is 5.56 Å². The van der Waals surface area contributed by atoms with E-state index < -0.39 is 0 Å². The number of hydrogen-bond acceptors (Lipinski definition) is 4. The van der Waals surface area contributed by atoms with E-state index >= 15 is 0 Å². The van der Waals surface area contributed by atoms with Crippen molar-refractivity contribution < 1.29 is 23.1 Å². The van der Waals surface area contributed by atoms with Gasteiger partial charge in [-0.2, -0.15) is 0 Å². The number of benzene rings is 2. The topological polar surface area (TPSA) is 60.7 Å². The van der Waals surface area contributed by atoms with Gasteiger partial charge in [0.2, 0.25) is 0 Å². The number of methoxy groups -OCH3 is 2. The molecule has 2 aromatic carbocycles. The number of halogens is 1. The Morgan fingerprint density at radius 1 is 1.04 bits per heavy atom. The van der Waals surface area contributed by atoms with Crippen molar-refractivity contribution in [2.75, 3.05) is 14.2 Å². The van der Waals surface area contributed by atoms with E-state index in [9.17, 15) is 9.18 Å². The second-order valence-electron chi connectivity index (χ2n) is 5.52. The number of furan rings is 1. The van der Waals surface area contributed by atoms with Gasteiger partial charge in [-0.15, -0.1) is 0 Å². The van der Waals surface area contributed by atoms with Crippen LogP contribution in [0, 0.1) is 5.82 Å². The molecule has 1 N–H and O–H groups in total. The first-order valence-corrected chi connectivity index (χ1v) is 7.95. The van der Waals surface area contributed by atoms with Gasteiger partial charge in [-0.1, -0.05) is 0 Å². The molecular weight excluding hydrogens is 337 g/mol. The Bertz CT molecular complexity index is 902. The Hall–Kier alpha value is -3.28.